The maximum atomic E-state index is 4.82. The van der Waals surface area contributed by atoms with Crippen LogP contribution in [0.2, 0.25) is 0 Å². The van der Waals surface area contributed by atoms with Crippen LogP contribution in [0.15, 0.2) is 12.2 Å². The SMILES string of the molecule is CC(C)CC/C=C\Cc1sc(C(C)C)nc1C(C)C. The monoisotopic (exact) mass is 279 g/mol. The summed E-state index contributed by atoms with van der Waals surface area (Å²) >= 11 is 1.90. The predicted molar refractivity (Wildman–Crippen MR) is 87.2 cm³/mol. The summed E-state index contributed by atoms with van der Waals surface area (Å²) in [5, 5.41) is 1.29. The summed E-state index contributed by atoms with van der Waals surface area (Å²) in [5.41, 5.74) is 1.31. The van der Waals surface area contributed by atoms with Crippen LogP contribution in [0.4, 0.5) is 0 Å². The molecule has 0 unspecified atom stereocenters. The minimum absolute atomic E-state index is 0.530. The molecule has 1 aromatic rings. The quantitative estimate of drug-likeness (QED) is 0.564. The second-order valence-corrected chi connectivity index (χ2v) is 7.43. The lowest BCUT2D eigenvalue weighted by Gasteiger charge is -2.03. The Labute approximate surface area is 123 Å². The summed E-state index contributed by atoms with van der Waals surface area (Å²) < 4.78 is 0. The summed E-state index contributed by atoms with van der Waals surface area (Å²) in [6.07, 6.45) is 8.19. The lowest BCUT2D eigenvalue weighted by Crippen LogP contribution is -1.94. The van der Waals surface area contributed by atoms with Crippen LogP contribution in [0.25, 0.3) is 0 Å². The Balaban J connectivity index is 2.66. The predicted octanol–water partition coefficient (Wildman–Crippen LogP) is 5.92. The van der Waals surface area contributed by atoms with Gasteiger partial charge in [0.05, 0.1) is 10.7 Å². The Bertz CT molecular complexity index is 399. The maximum absolute atomic E-state index is 4.82. The van der Waals surface area contributed by atoms with Crippen molar-refractivity contribution < 1.29 is 0 Å². The highest BCUT2D eigenvalue weighted by atomic mass is 32.1. The minimum Gasteiger partial charge on any atom is -0.245 e. The highest BCUT2D eigenvalue weighted by Crippen LogP contribution is 2.29. The fourth-order valence-corrected chi connectivity index (χ4v) is 3.16. The van der Waals surface area contributed by atoms with Crippen LogP contribution in [-0.4, -0.2) is 4.98 Å². The van der Waals surface area contributed by atoms with Gasteiger partial charge in [-0.15, -0.1) is 11.3 Å². The topological polar surface area (TPSA) is 12.9 Å². The van der Waals surface area contributed by atoms with Crippen LogP contribution in [0.3, 0.4) is 0 Å². The van der Waals surface area contributed by atoms with E-state index in [4.69, 9.17) is 4.98 Å². The van der Waals surface area contributed by atoms with Gasteiger partial charge in [-0.3, -0.25) is 0 Å². The number of thiazole rings is 1. The first-order valence-corrected chi connectivity index (χ1v) is 8.38. The highest BCUT2D eigenvalue weighted by molar-refractivity contribution is 7.11. The van der Waals surface area contributed by atoms with E-state index in [0.29, 0.717) is 11.8 Å². The van der Waals surface area contributed by atoms with E-state index in [1.165, 1.54) is 28.4 Å². The molecule has 0 aromatic carbocycles. The van der Waals surface area contributed by atoms with Crippen LogP contribution < -0.4 is 0 Å². The summed E-state index contributed by atoms with van der Waals surface area (Å²) in [4.78, 5) is 6.28. The fourth-order valence-electron chi connectivity index (χ4n) is 1.96. The van der Waals surface area contributed by atoms with Crippen molar-refractivity contribution in [1.82, 2.24) is 4.98 Å². The molecule has 1 aromatic heterocycles. The molecule has 0 radical (unpaired) electrons. The highest BCUT2D eigenvalue weighted by Gasteiger charge is 2.14. The molecular formula is C17H29NS. The van der Waals surface area contributed by atoms with Gasteiger partial charge >= 0.3 is 0 Å². The lowest BCUT2D eigenvalue weighted by molar-refractivity contribution is 0.594. The maximum Gasteiger partial charge on any atom is 0.0956 e. The molecule has 0 fully saturated rings. The Morgan fingerprint density at radius 2 is 1.68 bits per heavy atom. The van der Waals surface area contributed by atoms with Gasteiger partial charge in [-0.2, -0.15) is 0 Å². The number of nitrogens with zero attached hydrogens (tertiary/aromatic N) is 1. The lowest BCUT2D eigenvalue weighted by atomic mass is 10.1. The van der Waals surface area contributed by atoms with E-state index in [0.717, 1.165) is 12.3 Å². The van der Waals surface area contributed by atoms with Crippen LogP contribution >= 0.6 is 11.3 Å². The molecule has 0 atom stereocenters. The Morgan fingerprint density at radius 1 is 1.00 bits per heavy atom. The largest absolute Gasteiger partial charge is 0.245 e. The van der Waals surface area contributed by atoms with Crippen molar-refractivity contribution in [2.24, 2.45) is 5.92 Å². The van der Waals surface area contributed by atoms with Crippen LogP contribution in [0, 0.1) is 5.92 Å². The van der Waals surface area contributed by atoms with Crippen LogP contribution in [0.5, 0.6) is 0 Å². The molecule has 2 heteroatoms. The number of rotatable bonds is 7. The first kappa shape index (κ1) is 16.4. The van der Waals surface area contributed by atoms with Gasteiger partial charge in [-0.25, -0.2) is 4.98 Å². The van der Waals surface area contributed by atoms with E-state index in [-0.39, 0.29) is 0 Å². The smallest absolute Gasteiger partial charge is 0.0956 e. The van der Waals surface area contributed by atoms with Crippen LogP contribution in [-0.2, 0) is 6.42 Å². The van der Waals surface area contributed by atoms with E-state index >= 15 is 0 Å². The normalized spacial score (nSPS) is 12.5. The van der Waals surface area contributed by atoms with Gasteiger partial charge < -0.3 is 0 Å². The zero-order valence-electron chi connectivity index (χ0n) is 13.4. The number of allylic oxidation sites excluding steroid dienone is 2. The second kappa shape index (κ2) is 7.84. The van der Waals surface area contributed by atoms with E-state index in [1.807, 2.05) is 11.3 Å². The standard InChI is InChI=1S/C17H29NS/c1-12(2)10-8-7-9-11-15-16(13(3)4)18-17(19-15)14(5)6/h7,9,12-14H,8,10-11H2,1-6H3/b9-7-. The molecule has 108 valence electrons. The second-order valence-electron chi connectivity index (χ2n) is 6.32. The zero-order valence-corrected chi connectivity index (χ0v) is 14.2. The summed E-state index contributed by atoms with van der Waals surface area (Å²) in [6, 6.07) is 0. The Morgan fingerprint density at radius 3 is 2.21 bits per heavy atom. The van der Waals surface area contributed by atoms with Crippen molar-refractivity contribution in [2.45, 2.75) is 72.6 Å². The average Bonchev–Trinajstić information content (AvgIpc) is 2.72. The molecule has 0 aliphatic heterocycles. The molecule has 0 amide bonds. The molecule has 1 rings (SSSR count). The summed E-state index contributed by atoms with van der Waals surface area (Å²) in [6.45, 7) is 13.5. The van der Waals surface area contributed by atoms with Gasteiger partial charge in [0.15, 0.2) is 0 Å². The minimum atomic E-state index is 0.530. The average molecular weight is 279 g/mol. The third-order valence-corrected chi connectivity index (χ3v) is 4.56. The van der Waals surface area contributed by atoms with Gasteiger partial charge in [0.1, 0.15) is 0 Å². The molecule has 1 nitrogen and oxygen atoms in total. The number of hydrogen-bond acceptors (Lipinski definition) is 2. The summed E-state index contributed by atoms with van der Waals surface area (Å²) in [7, 11) is 0. The molecule has 0 spiro atoms. The first-order valence-electron chi connectivity index (χ1n) is 7.56. The first-order chi connectivity index (χ1) is 8.91. The van der Waals surface area contributed by atoms with Crippen molar-refractivity contribution in [3.05, 3.63) is 27.7 Å². The third-order valence-electron chi connectivity index (χ3n) is 3.17. The van der Waals surface area contributed by atoms with E-state index < -0.39 is 0 Å². The molecule has 0 saturated carbocycles. The van der Waals surface area contributed by atoms with Gasteiger partial charge in [-0.1, -0.05) is 53.7 Å². The van der Waals surface area contributed by atoms with Gasteiger partial charge in [0.25, 0.3) is 0 Å². The summed E-state index contributed by atoms with van der Waals surface area (Å²) in [5.74, 6) is 1.87. The van der Waals surface area contributed by atoms with E-state index in [9.17, 15) is 0 Å². The molecule has 0 saturated heterocycles. The Kier molecular flexibility index (Phi) is 6.78. The van der Waals surface area contributed by atoms with Crippen molar-refractivity contribution in [3.63, 3.8) is 0 Å². The van der Waals surface area contributed by atoms with E-state index in [1.54, 1.807) is 0 Å². The van der Waals surface area contributed by atoms with Crippen molar-refractivity contribution in [1.29, 1.82) is 0 Å². The zero-order chi connectivity index (χ0) is 14.4. The number of hydrogen-bond donors (Lipinski definition) is 0. The molecule has 0 bridgehead atoms. The fraction of sp³-hybridized carbons (Fsp3) is 0.706. The number of aromatic nitrogens is 1. The van der Waals surface area contributed by atoms with Crippen molar-refractivity contribution >= 4 is 11.3 Å². The van der Waals surface area contributed by atoms with Crippen LogP contribution in [0.1, 0.15) is 81.8 Å². The van der Waals surface area contributed by atoms with Gasteiger partial charge in [0.2, 0.25) is 0 Å². The Hall–Kier alpha value is -0.630. The third kappa shape index (κ3) is 5.48. The molecule has 0 N–H and O–H groups in total. The van der Waals surface area contributed by atoms with Gasteiger partial charge in [0, 0.05) is 17.2 Å². The molecule has 1 heterocycles. The van der Waals surface area contributed by atoms with Crippen molar-refractivity contribution in [2.75, 3.05) is 0 Å². The van der Waals surface area contributed by atoms with Crippen molar-refractivity contribution in [3.8, 4) is 0 Å². The van der Waals surface area contributed by atoms with Gasteiger partial charge in [-0.05, 0) is 24.7 Å². The molecular weight excluding hydrogens is 250 g/mol. The molecule has 19 heavy (non-hydrogen) atoms. The van der Waals surface area contributed by atoms with E-state index in [2.05, 4.69) is 53.7 Å². The molecule has 0 aliphatic rings. The molecule has 0 aliphatic carbocycles.